The second-order valence-corrected chi connectivity index (χ2v) is 15.0. The molecule has 1 amide bonds. The number of sulfonamides is 1. The Morgan fingerprint density at radius 1 is 0.846 bits per heavy atom. The second-order valence-electron chi connectivity index (χ2n) is 13.1. The van der Waals surface area contributed by atoms with Crippen LogP contribution in [0, 0.1) is 17.5 Å². The van der Waals surface area contributed by atoms with E-state index in [1.807, 2.05) is 6.92 Å². The number of amides is 1. The maximum Gasteiger partial charge on any atom is 0.255 e. The average Bonchev–Trinajstić information content (AvgIpc) is 3.14. The number of benzene rings is 5. The Balaban J connectivity index is 1.42. The van der Waals surface area contributed by atoms with Crippen molar-refractivity contribution < 1.29 is 31.5 Å². The Bertz CT molecular complexity index is 2070. The lowest BCUT2D eigenvalue weighted by molar-refractivity contribution is 0.0949. The third-order valence-electron chi connectivity index (χ3n) is 9.83. The maximum absolute atomic E-state index is 16.3. The molecule has 52 heavy (non-hydrogen) atoms. The monoisotopic (exact) mass is 727 g/mol. The molecule has 0 spiro atoms. The van der Waals surface area contributed by atoms with Gasteiger partial charge in [0, 0.05) is 37.1 Å². The van der Waals surface area contributed by atoms with Gasteiger partial charge >= 0.3 is 0 Å². The summed E-state index contributed by atoms with van der Waals surface area (Å²) in [5.41, 5.74) is 0.820. The summed E-state index contributed by atoms with van der Waals surface area (Å²) in [5.74, 6) is -2.20. The molecule has 1 aliphatic rings. The molecule has 1 fully saturated rings. The van der Waals surface area contributed by atoms with E-state index in [4.69, 9.17) is 0 Å². The molecule has 5 aromatic rings. The topological polar surface area (TPSA) is 98.7 Å². The van der Waals surface area contributed by atoms with Crippen molar-refractivity contribution in [2.45, 2.75) is 48.6 Å². The lowest BCUT2D eigenvalue weighted by Gasteiger charge is -2.40. The molecule has 7 nitrogen and oxygen atoms in total. The molecule has 0 aliphatic carbocycles. The summed E-state index contributed by atoms with van der Waals surface area (Å²) in [6.45, 7) is 2.54. The van der Waals surface area contributed by atoms with Crippen LogP contribution in [0.15, 0.2) is 126 Å². The molecule has 3 N–H and O–H groups in total. The summed E-state index contributed by atoms with van der Waals surface area (Å²) in [4.78, 5) is 13.4. The molecule has 1 heterocycles. The van der Waals surface area contributed by atoms with E-state index in [1.165, 1.54) is 46.8 Å². The Hall–Kier alpha value is -4.97. The van der Waals surface area contributed by atoms with Gasteiger partial charge in [0.15, 0.2) is 0 Å². The summed E-state index contributed by atoms with van der Waals surface area (Å²) < 4.78 is 74.4. The fraction of sp³-hybridized carbons (Fsp3) is 0.244. The predicted octanol–water partition coefficient (Wildman–Crippen LogP) is 6.95. The molecule has 0 bridgehead atoms. The van der Waals surface area contributed by atoms with Crippen molar-refractivity contribution in [1.82, 2.24) is 14.9 Å². The van der Waals surface area contributed by atoms with Gasteiger partial charge < -0.3 is 15.7 Å². The van der Waals surface area contributed by atoms with E-state index in [2.05, 4.69) is 10.6 Å². The summed E-state index contributed by atoms with van der Waals surface area (Å²) >= 11 is 0. The van der Waals surface area contributed by atoms with E-state index in [1.54, 1.807) is 78.9 Å². The van der Waals surface area contributed by atoms with Crippen molar-refractivity contribution in [1.29, 1.82) is 0 Å². The standard InChI is InChI=1S/C41H40F3N3O4S/c1-28-27-47(52(50,51)34-8-3-2-4-9-34)33(26-46-28)22-23-35-37(11-7-12-38(35)44)41(29-14-18-31(42)19-15-29,30-16-20-32(43)21-17-30)24-25-45-40(49)36-10-5-6-13-39(36)48/h2-21,28,33,46,48H,22-27H2,1H3,(H,45,49)/t28-,33+/m1/s1. The van der Waals surface area contributed by atoms with Crippen LogP contribution in [0.3, 0.4) is 0 Å². The minimum Gasteiger partial charge on any atom is -0.507 e. The first-order chi connectivity index (χ1) is 25.0. The van der Waals surface area contributed by atoms with Crippen LogP contribution in [-0.4, -0.2) is 55.5 Å². The first kappa shape index (κ1) is 36.8. The number of phenolic OH excluding ortho intramolecular Hbond substituents is 1. The number of halogens is 3. The molecule has 1 aliphatic heterocycles. The number of carbonyl (C=O) groups is 1. The number of carbonyl (C=O) groups excluding carboxylic acids is 1. The third kappa shape index (κ3) is 7.62. The van der Waals surface area contributed by atoms with Crippen molar-refractivity contribution >= 4 is 15.9 Å². The number of aromatic hydroxyl groups is 1. The predicted molar refractivity (Wildman–Crippen MR) is 194 cm³/mol. The molecule has 0 saturated carbocycles. The highest BCUT2D eigenvalue weighted by molar-refractivity contribution is 7.89. The van der Waals surface area contributed by atoms with E-state index in [-0.39, 0.29) is 54.6 Å². The first-order valence-electron chi connectivity index (χ1n) is 17.2. The van der Waals surface area contributed by atoms with Crippen LogP contribution in [0.25, 0.3) is 0 Å². The highest BCUT2D eigenvalue weighted by Crippen LogP contribution is 2.45. The molecule has 6 rings (SSSR count). The highest BCUT2D eigenvalue weighted by Gasteiger charge is 2.40. The van der Waals surface area contributed by atoms with Gasteiger partial charge in [0.1, 0.15) is 23.2 Å². The Kier molecular flexibility index (Phi) is 11.1. The Labute approximate surface area is 302 Å². The first-order valence-corrected chi connectivity index (χ1v) is 18.6. The van der Waals surface area contributed by atoms with Gasteiger partial charge in [-0.05, 0) is 103 Å². The molecule has 5 aromatic carbocycles. The zero-order chi connectivity index (χ0) is 36.9. The van der Waals surface area contributed by atoms with Crippen molar-refractivity contribution in [2.24, 2.45) is 0 Å². The van der Waals surface area contributed by atoms with Gasteiger partial charge in [-0.2, -0.15) is 4.31 Å². The fourth-order valence-corrected chi connectivity index (χ4v) is 8.97. The molecule has 0 aromatic heterocycles. The van der Waals surface area contributed by atoms with Gasteiger partial charge in [-0.3, -0.25) is 4.79 Å². The summed E-state index contributed by atoms with van der Waals surface area (Å²) in [6.07, 6.45) is 0.543. The normalized spacial score (nSPS) is 16.8. The van der Waals surface area contributed by atoms with Crippen LogP contribution in [-0.2, 0) is 21.9 Å². The van der Waals surface area contributed by atoms with Crippen molar-refractivity contribution in [3.05, 3.63) is 167 Å². The number of hydrogen-bond acceptors (Lipinski definition) is 5. The minimum atomic E-state index is -3.87. The molecule has 2 atom stereocenters. The highest BCUT2D eigenvalue weighted by atomic mass is 32.2. The molecule has 270 valence electrons. The maximum atomic E-state index is 16.3. The van der Waals surface area contributed by atoms with Crippen LogP contribution < -0.4 is 10.6 Å². The Morgan fingerprint density at radius 2 is 1.46 bits per heavy atom. The Morgan fingerprint density at radius 3 is 2.10 bits per heavy atom. The SMILES string of the molecule is C[C@@H]1CN(S(=O)(=O)c2ccccc2)[C@@H](CCc2c(F)cccc2C(CCNC(=O)c2ccccc2O)(c2ccc(F)cc2)c2ccc(F)cc2)CN1. The minimum absolute atomic E-state index is 0.0331. The van der Waals surface area contributed by atoms with Crippen LogP contribution in [0.5, 0.6) is 5.75 Å². The zero-order valence-corrected chi connectivity index (χ0v) is 29.4. The number of rotatable bonds is 12. The quantitative estimate of drug-likeness (QED) is 0.121. The average molecular weight is 728 g/mol. The molecule has 0 unspecified atom stereocenters. The van der Waals surface area contributed by atoms with Crippen LogP contribution in [0.2, 0.25) is 0 Å². The van der Waals surface area contributed by atoms with Crippen molar-refractivity contribution in [2.75, 3.05) is 19.6 Å². The summed E-state index contributed by atoms with van der Waals surface area (Å²) in [7, 11) is -3.87. The van der Waals surface area contributed by atoms with Gasteiger partial charge in [-0.15, -0.1) is 0 Å². The molecular formula is C41H40F3N3O4S. The van der Waals surface area contributed by atoms with Crippen LogP contribution in [0.4, 0.5) is 13.2 Å². The third-order valence-corrected chi connectivity index (χ3v) is 11.8. The van der Waals surface area contributed by atoms with E-state index >= 15 is 4.39 Å². The van der Waals surface area contributed by atoms with Crippen molar-refractivity contribution in [3.63, 3.8) is 0 Å². The number of piperazine rings is 1. The summed E-state index contributed by atoms with van der Waals surface area (Å²) in [5, 5.41) is 16.5. The lowest BCUT2D eigenvalue weighted by Crippen LogP contribution is -2.57. The number of nitrogens with one attached hydrogen (secondary N) is 2. The number of para-hydroxylation sites is 1. The molecule has 0 radical (unpaired) electrons. The van der Waals surface area contributed by atoms with Gasteiger partial charge in [0.25, 0.3) is 5.91 Å². The van der Waals surface area contributed by atoms with Gasteiger partial charge in [0.2, 0.25) is 10.0 Å². The molecular weight excluding hydrogens is 688 g/mol. The number of phenols is 1. The van der Waals surface area contributed by atoms with E-state index in [0.29, 0.717) is 28.8 Å². The van der Waals surface area contributed by atoms with Crippen molar-refractivity contribution in [3.8, 4) is 5.75 Å². The van der Waals surface area contributed by atoms with Crippen LogP contribution in [0.1, 0.15) is 52.4 Å². The van der Waals surface area contributed by atoms with Gasteiger partial charge in [-0.25, -0.2) is 21.6 Å². The number of hydrogen-bond donors (Lipinski definition) is 3. The number of nitrogens with zero attached hydrogens (tertiary/aromatic N) is 1. The van der Waals surface area contributed by atoms with E-state index in [9.17, 15) is 27.1 Å². The van der Waals surface area contributed by atoms with Gasteiger partial charge in [-0.1, -0.05) is 66.7 Å². The summed E-state index contributed by atoms with van der Waals surface area (Å²) in [6, 6.07) is 30.0. The fourth-order valence-electron chi connectivity index (χ4n) is 7.21. The molecule has 1 saturated heterocycles. The molecule has 11 heteroatoms. The van der Waals surface area contributed by atoms with Gasteiger partial charge in [0.05, 0.1) is 10.5 Å². The van der Waals surface area contributed by atoms with E-state index in [0.717, 1.165) is 0 Å². The van der Waals surface area contributed by atoms with Crippen LogP contribution >= 0.6 is 0 Å². The largest absolute Gasteiger partial charge is 0.507 e. The zero-order valence-electron chi connectivity index (χ0n) is 28.6. The van der Waals surface area contributed by atoms with E-state index < -0.39 is 44.8 Å². The lowest BCUT2D eigenvalue weighted by atomic mass is 9.65. The smallest absolute Gasteiger partial charge is 0.255 e. The second kappa shape index (κ2) is 15.7.